The third kappa shape index (κ3) is 6.43. The van der Waals surface area contributed by atoms with Crippen LogP contribution in [0.25, 0.3) is 0 Å². The lowest BCUT2D eigenvalue weighted by Crippen LogP contribution is -2.31. The average Bonchev–Trinajstić information content (AvgIpc) is 2.86. The third-order valence-electron chi connectivity index (χ3n) is 9.46. The lowest BCUT2D eigenvalue weighted by molar-refractivity contribution is 0.108. The number of hydrogen-bond acceptors (Lipinski definition) is 1. The standard InChI is InChI=1S/C31H46F2O/c1-3-5-19-34-29-18-17-28(30(32)31(29)33)27-16-15-25-20-24(13-14-26(25)21-27)12-11-23-9-7-22(6-4-2)8-10-23/h3,17-18,22-27H,1,4-16,19-21H2,2H3. The van der Waals surface area contributed by atoms with Crippen LogP contribution in [0.3, 0.4) is 0 Å². The summed E-state index contributed by atoms with van der Waals surface area (Å²) >= 11 is 0. The molecule has 0 N–H and O–H groups in total. The molecule has 0 spiro atoms. The van der Waals surface area contributed by atoms with E-state index in [4.69, 9.17) is 4.74 Å². The minimum absolute atomic E-state index is 0.0242. The summed E-state index contributed by atoms with van der Waals surface area (Å²) in [6, 6.07) is 3.39. The summed E-state index contributed by atoms with van der Waals surface area (Å²) in [5, 5.41) is 0. The Bertz CT molecular complexity index is 782. The van der Waals surface area contributed by atoms with Crippen molar-refractivity contribution in [2.45, 2.75) is 109 Å². The van der Waals surface area contributed by atoms with Crippen molar-refractivity contribution in [2.24, 2.45) is 29.6 Å². The van der Waals surface area contributed by atoms with Crippen LogP contribution in [0.15, 0.2) is 24.8 Å². The van der Waals surface area contributed by atoms with E-state index < -0.39 is 11.6 Å². The van der Waals surface area contributed by atoms with Gasteiger partial charge in [-0.25, -0.2) is 4.39 Å². The highest BCUT2D eigenvalue weighted by Crippen LogP contribution is 2.49. The lowest BCUT2D eigenvalue weighted by Gasteiger charge is -2.43. The molecule has 0 aromatic heterocycles. The van der Waals surface area contributed by atoms with Crippen molar-refractivity contribution in [3.8, 4) is 5.75 Å². The van der Waals surface area contributed by atoms with E-state index in [1.165, 1.54) is 77.0 Å². The van der Waals surface area contributed by atoms with Gasteiger partial charge in [0.2, 0.25) is 5.82 Å². The zero-order chi connectivity index (χ0) is 23.9. The quantitative estimate of drug-likeness (QED) is 0.243. The molecule has 3 aliphatic carbocycles. The minimum Gasteiger partial charge on any atom is -0.490 e. The van der Waals surface area contributed by atoms with Gasteiger partial charge in [0.15, 0.2) is 11.6 Å². The first-order valence-corrected chi connectivity index (χ1v) is 14.3. The van der Waals surface area contributed by atoms with Gasteiger partial charge in [0.1, 0.15) is 0 Å². The maximum atomic E-state index is 14.9. The average molecular weight is 473 g/mol. The van der Waals surface area contributed by atoms with Gasteiger partial charge < -0.3 is 4.74 Å². The van der Waals surface area contributed by atoms with Crippen LogP contribution >= 0.6 is 0 Å². The van der Waals surface area contributed by atoms with Gasteiger partial charge in [-0.15, -0.1) is 6.58 Å². The highest BCUT2D eigenvalue weighted by Gasteiger charge is 2.37. The van der Waals surface area contributed by atoms with E-state index in [-0.39, 0.29) is 11.7 Å². The summed E-state index contributed by atoms with van der Waals surface area (Å²) in [5.74, 6) is 3.01. The van der Waals surface area contributed by atoms with Gasteiger partial charge in [-0.3, -0.25) is 0 Å². The summed E-state index contributed by atoms with van der Waals surface area (Å²) in [4.78, 5) is 0. The number of hydrogen-bond donors (Lipinski definition) is 0. The Balaban J connectivity index is 1.24. The van der Waals surface area contributed by atoms with Crippen LogP contribution in [0.2, 0.25) is 0 Å². The molecule has 0 bridgehead atoms. The van der Waals surface area contributed by atoms with Gasteiger partial charge in [-0.1, -0.05) is 76.9 Å². The van der Waals surface area contributed by atoms with Gasteiger partial charge in [0.05, 0.1) is 6.61 Å². The molecule has 3 fully saturated rings. The Kier molecular flexibility index (Phi) is 9.48. The van der Waals surface area contributed by atoms with E-state index in [0.29, 0.717) is 24.5 Å². The molecule has 190 valence electrons. The molecule has 3 aliphatic rings. The van der Waals surface area contributed by atoms with Crippen molar-refractivity contribution in [2.75, 3.05) is 6.61 Å². The fourth-order valence-corrected chi connectivity index (χ4v) is 7.45. The SMILES string of the molecule is C=CCCOc1ccc(C2CCC3CC(CCC4CCC(CCC)CC4)CCC3C2)c(F)c1F. The minimum atomic E-state index is -0.823. The zero-order valence-corrected chi connectivity index (χ0v) is 21.4. The molecule has 34 heavy (non-hydrogen) atoms. The first-order chi connectivity index (χ1) is 16.6. The zero-order valence-electron chi connectivity index (χ0n) is 21.4. The van der Waals surface area contributed by atoms with E-state index in [0.717, 1.165) is 36.5 Å². The molecule has 4 unspecified atom stereocenters. The number of rotatable bonds is 10. The molecule has 3 saturated carbocycles. The summed E-state index contributed by atoms with van der Waals surface area (Å²) in [5.41, 5.74) is 0.563. The fourth-order valence-electron chi connectivity index (χ4n) is 7.45. The lowest BCUT2D eigenvalue weighted by atomic mass is 9.63. The van der Waals surface area contributed by atoms with Crippen molar-refractivity contribution in [3.63, 3.8) is 0 Å². The van der Waals surface area contributed by atoms with Crippen molar-refractivity contribution in [1.82, 2.24) is 0 Å². The highest BCUT2D eigenvalue weighted by atomic mass is 19.2. The molecular formula is C31H46F2O. The highest BCUT2D eigenvalue weighted by molar-refractivity contribution is 5.33. The van der Waals surface area contributed by atoms with Crippen LogP contribution in [0.1, 0.15) is 115 Å². The summed E-state index contributed by atoms with van der Waals surface area (Å²) in [6.45, 7) is 6.29. The second kappa shape index (κ2) is 12.5. The van der Waals surface area contributed by atoms with Crippen LogP contribution in [-0.4, -0.2) is 6.61 Å². The maximum Gasteiger partial charge on any atom is 0.200 e. The first-order valence-electron chi connectivity index (χ1n) is 14.3. The number of benzene rings is 1. The summed E-state index contributed by atoms with van der Waals surface area (Å²) in [6.07, 6.45) is 21.0. The second-order valence-corrected chi connectivity index (χ2v) is 11.7. The number of halogens is 2. The van der Waals surface area contributed by atoms with Crippen LogP contribution in [-0.2, 0) is 0 Å². The van der Waals surface area contributed by atoms with Crippen LogP contribution in [0, 0.1) is 41.2 Å². The van der Waals surface area contributed by atoms with Gasteiger partial charge in [0, 0.05) is 0 Å². The molecule has 0 heterocycles. The molecular weight excluding hydrogens is 426 g/mol. The van der Waals surface area contributed by atoms with E-state index in [1.807, 2.05) is 0 Å². The fraction of sp³-hybridized carbons (Fsp3) is 0.742. The van der Waals surface area contributed by atoms with Crippen LogP contribution in [0.4, 0.5) is 8.78 Å². The van der Waals surface area contributed by atoms with Crippen molar-refractivity contribution in [3.05, 3.63) is 42.0 Å². The predicted octanol–water partition coefficient (Wildman–Crippen LogP) is 9.61. The molecule has 1 aromatic carbocycles. The normalized spacial score (nSPS) is 31.6. The molecule has 4 rings (SSSR count). The van der Waals surface area contributed by atoms with Gasteiger partial charge in [-0.05, 0) is 85.7 Å². The number of ether oxygens (including phenoxy) is 1. The van der Waals surface area contributed by atoms with Gasteiger partial charge in [0.25, 0.3) is 0 Å². The smallest absolute Gasteiger partial charge is 0.200 e. The Morgan fingerprint density at radius 2 is 1.47 bits per heavy atom. The van der Waals surface area contributed by atoms with Crippen molar-refractivity contribution >= 4 is 0 Å². The Morgan fingerprint density at radius 3 is 2.21 bits per heavy atom. The summed E-state index contributed by atoms with van der Waals surface area (Å²) in [7, 11) is 0. The molecule has 3 heteroatoms. The number of fused-ring (bicyclic) bond motifs is 1. The van der Waals surface area contributed by atoms with Crippen molar-refractivity contribution in [1.29, 1.82) is 0 Å². The van der Waals surface area contributed by atoms with E-state index >= 15 is 0 Å². The molecule has 0 amide bonds. The topological polar surface area (TPSA) is 9.23 Å². The second-order valence-electron chi connectivity index (χ2n) is 11.7. The molecule has 1 nitrogen and oxygen atoms in total. The van der Waals surface area contributed by atoms with Gasteiger partial charge in [-0.2, -0.15) is 4.39 Å². The van der Waals surface area contributed by atoms with Crippen molar-refractivity contribution < 1.29 is 13.5 Å². The molecule has 0 saturated heterocycles. The van der Waals surface area contributed by atoms with Crippen LogP contribution < -0.4 is 4.74 Å². The molecule has 0 aliphatic heterocycles. The maximum absolute atomic E-state index is 14.9. The van der Waals surface area contributed by atoms with Crippen LogP contribution in [0.5, 0.6) is 5.75 Å². The Labute approximate surface area is 206 Å². The summed E-state index contributed by atoms with van der Waals surface area (Å²) < 4.78 is 34.9. The Morgan fingerprint density at radius 1 is 0.824 bits per heavy atom. The van der Waals surface area contributed by atoms with E-state index in [1.54, 1.807) is 18.2 Å². The first kappa shape index (κ1) is 25.7. The molecule has 1 aromatic rings. The molecule has 0 radical (unpaired) electrons. The molecule has 4 atom stereocenters. The largest absolute Gasteiger partial charge is 0.490 e. The van der Waals surface area contributed by atoms with E-state index in [9.17, 15) is 8.78 Å². The predicted molar refractivity (Wildman–Crippen MR) is 137 cm³/mol. The monoisotopic (exact) mass is 472 g/mol. The third-order valence-corrected chi connectivity index (χ3v) is 9.46. The Hall–Kier alpha value is -1.38. The van der Waals surface area contributed by atoms with E-state index in [2.05, 4.69) is 13.5 Å². The van der Waals surface area contributed by atoms with Gasteiger partial charge >= 0.3 is 0 Å².